The highest BCUT2D eigenvalue weighted by molar-refractivity contribution is 7.94. The zero-order valence-corrected chi connectivity index (χ0v) is 11.1. The van der Waals surface area contributed by atoms with Crippen LogP contribution in [0.3, 0.4) is 0 Å². The van der Waals surface area contributed by atoms with Crippen molar-refractivity contribution < 1.29 is 13.2 Å². The standard InChI is InChI=1S/C11H13ClN2O3S/c12-6-2-1-3-11(15)8-4-5-9-10(7-8)14-18(16,17)13-9/h4-5,7,13-14H,1-3,6H2. The normalized spacial score (nSPS) is 15.6. The van der Waals surface area contributed by atoms with Gasteiger partial charge in [-0.05, 0) is 31.0 Å². The number of hydrogen-bond donors (Lipinski definition) is 2. The first-order valence-electron chi connectivity index (χ1n) is 5.55. The summed E-state index contributed by atoms with van der Waals surface area (Å²) < 4.78 is 27.2. The molecule has 0 saturated heterocycles. The number of halogens is 1. The summed E-state index contributed by atoms with van der Waals surface area (Å²) in [4.78, 5) is 11.8. The van der Waals surface area contributed by atoms with Gasteiger partial charge in [0.05, 0.1) is 11.4 Å². The van der Waals surface area contributed by atoms with E-state index < -0.39 is 10.2 Å². The van der Waals surface area contributed by atoms with Gasteiger partial charge >= 0.3 is 10.2 Å². The van der Waals surface area contributed by atoms with E-state index in [1.165, 1.54) is 0 Å². The molecule has 0 saturated carbocycles. The van der Waals surface area contributed by atoms with Crippen LogP contribution in [0.1, 0.15) is 29.6 Å². The summed E-state index contributed by atoms with van der Waals surface area (Å²) in [7, 11) is -3.50. The van der Waals surface area contributed by atoms with Gasteiger partial charge in [0.25, 0.3) is 0 Å². The molecule has 0 atom stereocenters. The van der Waals surface area contributed by atoms with Crippen molar-refractivity contribution in [3.8, 4) is 0 Å². The van der Waals surface area contributed by atoms with E-state index in [1.54, 1.807) is 18.2 Å². The monoisotopic (exact) mass is 288 g/mol. The zero-order valence-electron chi connectivity index (χ0n) is 9.57. The zero-order chi connectivity index (χ0) is 13.2. The average Bonchev–Trinajstić information content (AvgIpc) is 2.61. The molecule has 0 radical (unpaired) electrons. The fourth-order valence-corrected chi connectivity index (χ4v) is 2.90. The van der Waals surface area contributed by atoms with Gasteiger partial charge in [0, 0.05) is 17.9 Å². The third-order valence-electron chi connectivity index (χ3n) is 2.62. The third kappa shape index (κ3) is 2.94. The topological polar surface area (TPSA) is 75.3 Å². The van der Waals surface area contributed by atoms with Crippen molar-refractivity contribution in [2.75, 3.05) is 15.3 Å². The number of benzene rings is 1. The summed E-state index contributed by atoms with van der Waals surface area (Å²) in [6.45, 7) is 0. The lowest BCUT2D eigenvalue weighted by Crippen LogP contribution is -2.12. The predicted octanol–water partition coefficient (Wildman–Crippen LogP) is 2.36. The molecule has 5 nitrogen and oxygen atoms in total. The summed E-state index contributed by atoms with van der Waals surface area (Å²) in [5.74, 6) is 0.537. The highest BCUT2D eigenvalue weighted by Crippen LogP contribution is 2.30. The lowest BCUT2D eigenvalue weighted by atomic mass is 10.0. The molecule has 0 spiro atoms. The quantitative estimate of drug-likeness (QED) is 0.496. The Labute approximate surface area is 111 Å². The molecule has 7 heteroatoms. The highest BCUT2D eigenvalue weighted by atomic mass is 35.5. The second kappa shape index (κ2) is 5.16. The number of hydrogen-bond acceptors (Lipinski definition) is 3. The number of alkyl halides is 1. The molecule has 1 heterocycles. The highest BCUT2D eigenvalue weighted by Gasteiger charge is 2.22. The van der Waals surface area contributed by atoms with Gasteiger partial charge in [-0.2, -0.15) is 8.42 Å². The Bertz CT molecular complexity index is 572. The van der Waals surface area contributed by atoms with Gasteiger partial charge in [-0.15, -0.1) is 11.6 Å². The van der Waals surface area contributed by atoms with Crippen LogP contribution in [-0.2, 0) is 10.2 Å². The van der Waals surface area contributed by atoms with Crippen molar-refractivity contribution >= 4 is 39.0 Å². The summed E-state index contributed by atoms with van der Waals surface area (Å²) >= 11 is 5.54. The van der Waals surface area contributed by atoms with Gasteiger partial charge in [-0.25, -0.2) is 0 Å². The van der Waals surface area contributed by atoms with E-state index in [-0.39, 0.29) is 5.78 Å². The van der Waals surface area contributed by atoms with Crippen LogP contribution in [0.4, 0.5) is 11.4 Å². The summed E-state index contributed by atoms with van der Waals surface area (Å²) in [6.07, 6.45) is 1.96. The van der Waals surface area contributed by atoms with Crippen molar-refractivity contribution in [3.05, 3.63) is 23.8 Å². The number of rotatable bonds is 5. The smallest absolute Gasteiger partial charge is 0.294 e. The van der Waals surface area contributed by atoms with Crippen LogP contribution in [0.2, 0.25) is 0 Å². The Morgan fingerprint density at radius 2 is 1.89 bits per heavy atom. The van der Waals surface area contributed by atoms with Crippen LogP contribution < -0.4 is 9.44 Å². The number of unbranched alkanes of at least 4 members (excludes halogenated alkanes) is 1. The Kier molecular flexibility index (Phi) is 3.77. The van der Waals surface area contributed by atoms with Gasteiger partial charge < -0.3 is 0 Å². The number of nitrogens with one attached hydrogen (secondary N) is 2. The number of Topliss-reactive ketones (excluding diaryl/α,β-unsaturated/α-hetero) is 1. The number of ketones is 1. The molecule has 1 aromatic rings. The molecule has 2 N–H and O–H groups in total. The SMILES string of the molecule is O=C(CCCCCl)c1ccc2c(c1)NS(=O)(=O)N2. The number of carbonyl (C=O) groups excluding carboxylic acids is 1. The van der Waals surface area contributed by atoms with Crippen molar-refractivity contribution in [3.63, 3.8) is 0 Å². The van der Waals surface area contributed by atoms with Gasteiger partial charge in [0.2, 0.25) is 0 Å². The maximum Gasteiger partial charge on any atom is 0.321 e. The maximum absolute atomic E-state index is 11.8. The Morgan fingerprint density at radius 3 is 2.61 bits per heavy atom. The molecule has 0 bridgehead atoms. The Hall–Kier alpha value is -1.27. The van der Waals surface area contributed by atoms with Crippen LogP contribution in [0.5, 0.6) is 0 Å². The van der Waals surface area contributed by atoms with Crippen LogP contribution in [0.15, 0.2) is 18.2 Å². The minimum absolute atomic E-state index is 0.00554. The first kappa shape index (κ1) is 13.2. The Balaban J connectivity index is 2.11. The maximum atomic E-state index is 11.8. The van der Waals surface area contributed by atoms with Crippen LogP contribution >= 0.6 is 11.6 Å². The molecule has 1 aromatic carbocycles. The van der Waals surface area contributed by atoms with Crippen molar-refractivity contribution in [2.24, 2.45) is 0 Å². The van der Waals surface area contributed by atoms with E-state index >= 15 is 0 Å². The first-order chi connectivity index (χ1) is 8.52. The Morgan fingerprint density at radius 1 is 1.17 bits per heavy atom. The second-order valence-corrected chi connectivity index (χ2v) is 5.83. The van der Waals surface area contributed by atoms with E-state index in [2.05, 4.69) is 9.44 Å². The minimum atomic E-state index is -3.50. The molecule has 0 aromatic heterocycles. The molecule has 0 unspecified atom stereocenters. The molecular formula is C11H13ClN2O3S. The van der Waals surface area contributed by atoms with Gasteiger partial charge in [-0.3, -0.25) is 14.2 Å². The van der Waals surface area contributed by atoms with Gasteiger partial charge in [0.1, 0.15) is 0 Å². The van der Waals surface area contributed by atoms with Crippen LogP contribution in [0.25, 0.3) is 0 Å². The molecule has 1 aliphatic rings. The number of carbonyl (C=O) groups is 1. The fraction of sp³-hybridized carbons (Fsp3) is 0.364. The number of fused-ring (bicyclic) bond motifs is 1. The summed E-state index contributed by atoms with van der Waals surface area (Å²) in [6, 6.07) is 4.76. The molecular weight excluding hydrogens is 276 g/mol. The molecule has 0 amide bonds. The molecule has 0 fully saturated rings. The third-order valence-corrected chi connectivity index (χ3v) is 3.86. The van der Waals surface area contributed by atoms with Crippen LogP contribution in [0, 0.1) is 0 Å². The van der Waals surface area contributed by atoms with Gasteiger partial charge in [0.15, 0.2) is 5.78 Å². The van der Waals surface area contributed by atoms with E-state index in [0.717, 1.165) is 12.8 Å². The van der Waals surface area contributed by atoms with Gasteiger partial charge in [-0.1, -0.05) is 0 Å². The molecule has 0 aliphatic carbocycles. The molecule has 98 valence electrons. The lowest BCUT2D eigenvalue weighted by molar-refractivity contribution is 0.0980. The number of anilines is 2. The molecule has 18 heavy (non-hydrogen) atoms. The lowest BCUT2D eigenvalue weighted by Gasteiger charge is -2.02. The first-order valence-corrected chi connectivity index (χ1v) is 7.57. The van der Waals surface area contributed by atoms with E-state index in [9.17, 15) is 13.2 Å². The van der Waals surface area contributed by atoms with E-state index in [1.807, 2.05) is 0 Å². The molecule has 2 rings (SSSR count). The summed E-state index contributed by atoms with van der Waals surface area (Å²) in [5, 5.41) is 0. The molecule has 1 aliphatic heterocycles. The fourth-order valence-electron chi connectivity index (χ4n) is 1.73. The average molecular weight is 289 g/mol. The summed E-state index contributed by atoms with van der Waals surface area (Å²) in [5.41, 5.74) is 1.39. The minimum Gasteiger partial charge on any atom is -0.294 e. The van der Waals surface area contributed by atoms with E-state index in [4.69, 9.17) is 11.6 Å². The largest absolute Gasteiger partial charge is 0.321 e. The predicted molar refractivity (Wildman–Crippen MR) is 71.5 cm³/mol. The van der Waals surface area contributed by atoms with Crippen molar-refractivity contribution in [1.29, 1.82) is 0 Å². The van der Waals surface area contributed by atoms with E-state index in [0.29, 0.717) is 29.2 Å². The second-order valence-electron chi connectivity index (χ2n) is 4.04. The van der Waals surface area contributed by atoms with Crippen LogP contribution in [-0.4, -0.2) is 20.1 Å². The van der Waals surface area contributed by atoms with Crippen molar-refractivity contribution in [2.45, 2.75) is 19.3 Å². The van der Waals surface area contributed by atoms with Crippen molar-refractivity contribution in [1.82, 2.24) is 0 Å².